The number of anilines is 1. The predicted molar refractivity (Wildman–Crippen MR) is 64.8 cm³/mol. The Bertz CT molecular complexity index is 502. The monoisotopic (exact) mass is 260 g/mol. The van der Waals surface area contributed by atoms with E-state index in [9.17, 15) is 8.42 Å². The Labute approximate surface area is 99.9 Å². The standard InChI is InChI=1S/C10H13ClN2O2S/c11-8-1-2-9-10(7-8)16(14,15)6-5-13(9)4-3-12/h1-2,7H,3-6,12H2. The van der Waals surface area contributed by atoms with Gasteiger partial charge in [0, 0.05) is 24.7 Å². The van der Waals surface area contributed by atoms with Crippen molar-refractivity contribution >= 4 is 27.1 Å². The molecule has 0 aliphatic carbocycles. The molecule has 16 heavy (non-hydrogen) atoms. The van der Waals surface area contributed by atoms with Gasteiger partial charge in [-0.15, -0.1) is 0 Å². The highest BCUT2D eigenvalue weighted by atomic mass is 35.5. The fraction of sp³-hybridized carbons (Fsp3) is 0.400. The Morgan fingerprint density at radius 2 is 2.19 bits per heavy atom. The first-order valence-electron chi connectivity index (χ1n) is 5.02. The summed E-state index contributed by atoms with van der Waals surface area (Å²) in [7, 11) is -3.18. The van der Waals surface area contributed by atoms with Crippen molar-refractivity contribution in [1.29, 1.82) is 0 Å². The number of hydrogen-bond acceptors (Lipinski definition) is 4. The molecule has 6 heteroatoms. The van der Waals surface area contributed by atoms with E-state index in [0.717, 1.165) is 0 Å². The van der Waals surface area contributed by atoms with Crippen molar-refractivity contribution in [1.82, 2.24) is 0 Å². The average molecular weight is 261 g/mol. The number of nitrogens with two attached hydrogens (primary N) is 1. The van der Waals surface area contributed by atoms with Crippen LogP contribution in [-0.4, -0.2) is 33.8 Å². The van der Waals surface area contributed by atoms with Gasteiger partial charge in [-0.2, -0.15) is 0 Å². The quantitative estimate of drug-likeness (QED) is 0.858. The van der Waals surface area contributed by atoms with Gasteiger partial charge in [0.2, 0.25) is 0 Å². The highest BCUT2D eigenvalue weighted by Gasteiger charge is 2.27. The zero-order valence-electron chi connectivity index (χ0n) is 8.69. The molecule has 0 saturated heterocycles. The minimum Gasteiger partial charge on any atom is -0.368 e. The van der Waals surface area contributed by atoms with Gasteiger partial charge in [-0.05, 0) is 18.2 Å². The zero-order chi connectivity index (χ0) is 11.8. The van der Waals surface area contributed by atoms with Gasteiger partial charge in [-0.1, -0.05) is 11.6 Å². The molecule has 88 valence electrons. The number of hydrogen-bond donors (Lipinski definition) is 1. The number of nitrogens with zero attached hydrogens (tertiary/aromatic N) is 1. The van der Waals surface area contributed by atoms with E-state index < -0.39 is 9.84 Å². The van der Waals surface area contributed by atoms with E-state index >= 15 is 0 Å². The molecule has 0 atom stereocenters. The minimum atomic E-state index is -3.18. The summed E-state index contributed by atoms with van der Waals surface area (Å²) in [6, 6.07) is 4.95. The summed E-state index contributed by atoms with van der Waals surface area (Å²) in [5.74, 6) is 0.125. The lowest BCUT2D eigenvalue weighted by Gasteiger charge is -2.30. The molecule has 0 bridgehead atoms. The second-order valence-electron chi connectivity index (χ2n) is 3.71. The molecule has 4 nitrogen and oxygen atoms in total. The summed E-state index contributed by atoms with van der Waals surface area (Å²) < 4.78 is 23.7. The lowest BCUT2D eigenvalue weighted by molar-refractivity contribution is 0.589. The molecule has 0 aromatic heterocycles. The highest BCUT2D eigenvalue weighted by Crippen LogP contribution is 2.32. The van der Waals surface area contributed by atoms with Crippen molar-refractivity contribution in [3.63, 3.8) is 0 Å². The zero-order valence-corrected chi connectivity index (χ0v) is 10.3. The van der Waals surface area contributed by atoms with Crippen LogP contribution in [0.15, 0.2) is 23.1 Å². The van der Waals surface area contributed by atoms with Crippen molar-refractivity contribution in [2.75, 3.05) is 30.3 Å². The lowest BCUT2D eigenvalue weighted by atomic mass is 10.2. The first kappa shape index (κ1) is 11.7. The number of sulfone groups is 1. The minimum absolute atomic E-state index is 0.125. The fourth-order valence-electron chi connectivity index (χ4n) is 1.85. The molecular formula is C10H13ClN2O2S. The molecule has 2 N–H and O–H groups in total. The molecular weight excluding hydrogens is 248 g/mol. The van der Waals surface area contributed by atoms with Gasteiger partial charge in [0.05, 0.1) is 16.3 Å². The Kier molecular flexibility index (Phi) is 3.10. The Morgan fingerprint density at radius 1 is 1.44 bits per heavy atom. The maximum Gasteiger partial charge on any atom is 0.182 e. The van der Waals surface area contributed by atoms with E-state index in [4.69, 9.17) is 17.3 Å². The summed E-state index contributed by atoms with van der Waals surface area (Å²) in [5, 5.41) is 0.442. The third-order valence-electron chi connectivity index (χ3n) is 2.63. The Morgan fingerprint density at radius 3 is 2.88 bits per heavy atom. The van der Waals surface area contributed by atoms with E-state index in [2.05, 4.69) is 0 Å². The van der Waals surface area contributed by atoms with Gasteiger partial charge in [0.25, 0.3) is 0 Å². The number of halogens is 1. The van der Waals surface area contributed by atoms with Gasteiger partial charge < -0.3 is 10.6 Å². The topological polar surface area (TPSA) is 63.4 Å². The van der Waals surface area contributed by atoms with Crippen LogP contribution in [-0.2, 0) is 9.84 Å². The number of benzene rings is 1. The van der Waals surface area contributed by atoms with Crippen molar-refractivity contribution in [2.45, 2.75) is 4.90 Å². The molecule has 1 aliphatic heterocycles. The molecule has 0 amide bonds. The van der Waals surface area contributed by atoms with Crippen molar-refractivity contribution < 1.29 is 8.42 Å². The van der Waals surface area contributed by atoms with Gasteiger partial charge in [-0.3, -0.25) is 0 Å². The maximum atomic E-state index is 11.9. The molecule has 1 aromatic rings. The fourth-order valence-corrected chi connectivity index (χ4v) is 3.59. The van der Waals surface area contributed by atoms with Crippen LogP contribution in [0.25, 0.3) is 0 Å². The van der Waals surface area contributed by atoms with Crippen LogP contribution in [0.3, 0.4) is 0 Å². The SMILES string of the molecule is NCCN1CCS(=O)(=O)c2cc(Cl)ccc21. The number of fused-ring (bicyclic) bond motifs is 1. The molecule has 0 spiro atoms. The van der Waals surface area contributed by atoms with Gasteiger partial charge in [-0.25, -0.2) is 8.42 Å². The lowest BCUT2D eigenvalue weighted by Crippen LogP contribution is -2.38. The van der Waals surface area contributed by atoms with E-state index in [1.54, 1.807) is 12.1 Å². The normalized spacial score (nSPS) is 18.2. The molecule has 1 aliphatic rings. The van der Waals surface area contributed by atoms with E-state index in [1.807, 2.05) is 4.90 Å². The summed E-state index contributed by atoms with van der Waals surface area (Å²) in [6.45, 7) is 1.65. The molecule has 0 radical (unpaired) electrons. The Hall–Kier alpha value is -0.780. The van der Waals surface area contributed by atoms with Crippen LogP contribution in [0.2, 0.25) is 5.02 Å². The molecule has 2 rings (SSSR count). The molecule has 1 heterocycles. The van der Waals surface area contributed by atoms with Crippen molar-refractivity contribution in [3.8, 4) is 0 Å². The highest BCUT2D eigenvalue weighted by molar-refractivity contribution is 7.91. The molecule has 1 aromatic carbocycles. The van der Waals surface area contributed by atoms with Crippen molar-refractivity contribution in [3.05, 3.63) is 23.2 Å². The first-order valence-corrected chi connectivity index (χ1v) is 7.05. The van der Waals surface area contributed by atoms with Crippen LogP contribution in [0.1, 0.15) is 0 Å². The predicted octanol–water partition coefficient (Wildman–Crippen LogP) is 0.892. The Balaban J connectivity index is 2.53. The summed E-state index contributed by atoms with van der Waals surface area (Å²) in [6.07, 6.45) is 0. The summed E-state index contributed by atoms with van der Waals surface area (Å²) >= 11 is 5.82. The molecule has 0 fully saturated rings. The molecule has 0 unspecified atom stereocenters. The van der Waals surface area contributed by atoms with Gasteiger partial charge >= 0.3 is 0 Å². The third-order valence-corrected chi connectivity index (χ3v) is 4.58. The summed E-state index contributed by atoms with van der Waals surface area (Å²) in [5.41, 5.74) is 6.21. The van der Waals surface area contributed by atoms with Crippen LogP contribution >= 0.6 is 11.6 Å². The number of rotatable bonds is 2. The largest absolute Gasteiger partial charge is 0.368 e. The van der Waals surface area contributed by atoms with E-state index in [1.165, 1.54) is 6.07 Å². The average Bonchev–Trinajstić information content (AvgIpc) is 2.23. The second kappa shape index (κ2) is 4.24. The molecule has 0 saturated carbocycles. The van der Waals surface area contributed by atoms with Crippen LogP contribution in [0, 0.1) is 0 Å². The maximum absolute atomic E-state index is 11.9. The van der Waals surface area contributed by atoms with E-state index in [-0.39, 0.29) is 5.75 Å². The summed E-state index contributed by atoms with van der Waals surface area (Å²) in [4.78, 5) is 2.30. The van der Waals surface area contributed by atoms with Crippen molar-refractivity contribution in [2.24, 2.45) is 5.73 Å². The van der Waals surface area contributed by atoms with Crippen LogP contribution in [0.4, 0.5) is 5.69 Å². The second-order valence-corrected chi connectivity index (χ2v) is 6.22. The van der Waals surface area contributed by atoms with Gasteiger partial charge in [0.15, 0.2) is 9.84 Å². The smallest absolute Gasteiger partial charge is 0.182 e. The third kappa shape index (κ3) is 2.03. The van der Waals surface area contributed by atoms with Gasteiger partial charge in [0.1, 0.15) is 0 Å². The first-order chi connectivity index (χ1) is 7.54. The van der Waals surface area contributed by atoms with Crippen LogP contribution in [0.5, 0.6) is 0 Å². The van der Waals surface area contributed by atoms with E-state index in [0.29, 0.717) is 35.2 Å². The van der Waals surface area contributed by atoms with Crippen LogP contribution < -0.4 is 10.6 Å².